The Morgan fingerprint density at radius 2 is 2.05 bits per heavy atom. The second kappa shape index (κ2) is 5.57. The molecular weight excluding hydrogens is 313 g/mol. The van der Waals surface area contributed by atoms with Crippen LogP contribution in [0.25, 0.3) is 0 Å². The van der Waals surface area contributed by atoms with Gasteiger partial charge in [0, 0.05) is 18.1 Å². The highest BCUT2D eigenvalue weighted by Gasteiger charge is 2.33. The van der Waals surface area contributed by atoms with Gasteiger partial charge in [-0.15, -0.1) is 0 Å². The van der Waals surface area contributed by atoms with E-state index in [1.54, 1.807) is 13.1 Å². The summed E-state index contributed by atoms with van der Waals surface area (Å²) < 4.78 is 51.8. The topological polar surface area (TPSA) is 34.9 Å². The van der Waals surface area contributed by atoms with Crippen molar-refractivity contribution in [2.24, 2.45) is 7.05 Å². The molecule has 0 amide bonds. The van der Waals surface area contributed by atoms with Crippen molar-refractivity contribution in [3.63, 3.8) is 0 Å². The Labute approximate surface area is 120 Å². The molecule has 108 valence electrons. The molecule has 3 nitrogen and oxygen atoms in total. The van der Waals surface area contributed by atoms with Gasteiger partial charge in [-0.1, -0.05) is 11.6 Å². The third kappa shape index (κ3) is 3.21. The summed E-state index contributed by atoms with van der Waals surface area (Å²) in [7, 11) is 0.0802. The van der Waals surface area contributed by atoms with E-state index in [0.717, 1.165) is 12.1 Å². The van der Waals surface area contributed by atoms with E-state index in [1.807, 2.05) is 0 Å². The molecule has 1 aromatic heterocycles. The largest absolute Gasteiger partial charge is 0.417 e. The summed E-state index contributed by atoms with van der Waals surface area (Å²) in [5.41, 5.74) is -0.304. The first-order valence-electron chi connectivity index (χ1n) is 5.51. The van der Waals surface area contributed by atoms with Gasteiger partial charge in [0.1, 0.15) is 0 Å². The van der Waals surface area contributed by atoms with Crippen LogP contribution >= 0.6 is 11.6 Å². The van der Waals surface area contributed by atoms with Gasteiger partial charge in [-0.2, -0.15) is 18.3 Å². The number of rotatable bonds is 3. The lowest BCUT2D eigenvalue weighted by Gasteiger charge is -2.10. The van der Waals surface area contributed by atoms with Gasteiger partial charge in [-0.3, -0.25) is 8.89 Å². The Kier molecular flexibility index (Phi) is 4.19. The van der Waals surface area contributed by atoms with E-state index < -0.39 is 27.6 Å². The van der Waals surface area contributed by atoms with E-state index in [-0.39, 0.29) is 10.6 Å². The minimum atomic E-state index is -4.57. The maximum atomic E-state index is 12.7. The third-order valence-corrected chi connectivity index (χ3v) is 4.37. The minimum absolute atomic E-state index is 0.0860. The Morgan fingerprint density at radius 1 is 1.35 bits per heavy atom. The van der Waals surface area contributed by atoms with E-state index in [1.165, 1.54) is 16.9 Å². The van der Waals surface area contributed by atoms with Crippen LogP contribution in [0.4, 0.5) is 13.2 Å². The highest BCUT2D eigenvalue weighted by atomic mass is 35.5. The van der Waals surface area contributed by atoms with Crippen LogP contribution in [0.2, 0.25) is 5.02 Å². The molecule has 8 heteroatoms. The molecule has 0 radical (unpaired) electrons. The summed E-state index contributed by atoms with van der Waals surface area (Å²) in [6.07, 6.45) is -3.03. The molecule has 2 rings (SSSR count). The van der Waals surface area contributed by atoms with Crippen LogP contribution in [-0.4, -0.2) is 14.0 Å². The first-order valence-corrected chi connectivity index (χ1v) is 7.20. The fraction of sp³-hybridized carbons (Fsp3) is 0.250. The normalized spacial score (nSPS) is 13.4. The van der Waals surface area contributed by atoms with Crippen molar-refractivity contribution >= 4 is 22.4 Å². The Balaban J connectivity index is 2.29. The second-order valence-corrected chi connectivity index (χ2v) is 5.93. The van der Waals surface area contributed by atoms with E-state index in [0.29, 0.717) is 5.69 Å². The zero-order chi connectivity index (χ0) is 14.9. The summed E-state index contributed by atoms with van der Waals surface area (Å²) in [5.74, 6) is 0.0927. The van der Waals surface area contributed by atoms with E-state index in [2.05, 4.69) is 5.10 Å². The van der Waals surface area contributed by atoms with Gasteiger partial charge < -0.3 is 0 Å². The number of hydrogen-bond donors (Lipinski definition) is 0. The SMILES string of the molecule is Cn1nccc1C[S@@](=O)c1ccc(Cl)c(C(F)(F)F)c1. The number of halogens is 4. The van der Waals surface area contributed by atoms with Crippen LogP contribution in [0.1, 0.15) is 11.3 Å². The zero-order valence-corrected chi connectivity index (χ0v) is 11.9. The molecule has 1 atom stereocenters. The van der Waals surface area contributed by atoms with E-state index >= 15 is 0 Å². The molecule has 0 saturated carbocycles. The molecule has 2 aromatic rings. The fourth-order valence-electron chi connectivity index (χ4n) is 1.62. The van der Waals surface area contributed by atoms with Crippen LogP contribution in [0, 0.1) is 0 Å². The van der Waals surface area contributed by atoms with Crippen molar-refractivity contribution in [3.05, 3.63) is 46.7 Å². The van der Waals surface area contributed by atoms with Crippen LogP contribution in [0.5, 0.6) is 0 Å². The predicted molar refractivity (Wildman–Crippen MR) is 69.8 cm³/mol. The van der Waals surface area contributed by atoms with Crippen molar-refractivity contribution < 1.29 is 17.4 Å². The van der Waals surface area contributed by atoms with E-state index in [4.69, 9.17) is 11.6 Å². The van der Waals surface area contributed by atoms with Crippen molar-refractivity contribution in [2.75, 3.05) is 0 Å². The summed E-state index contributed by atoms with van der Waals surface area (Å²) in [5, 5.41) is 3.51. The number of alkyl halides is 3. The smallest absolute Gasteiger partial charge is 0.272 e. The number of hydrogen-bond acceptors (Lipinski definition) is 2. The number of aromatic nitrogens is 2. The predicted octanol–water partition coefficient (Wildman–Crippen LogP) is 3.40. The van der Waals surface area contributed by atoms with Gasteiger partial charge >= 0.3 is 6.18 Å². The first-order chi connectivity index (χ1) is 9.29. The minimum Gasteiger partial charge on any atom is -0.272 e. The van der Waals surface area contributed by atoms with Crippen LogP contribution < -0.4 is 0 Å². The van der Waals surface area contributed by atoms with Crippen molar-refractivity contribution in [3.8, 4) is 0 Å². The lowest BCUT2D eigenvalue weighted by molar-refractivity contribution is -0.137. The lowest BCUT2D eigenvalue weighted by Crippen LogP contribution is -2.08. The highest BCUT2D eigenvalue weighted by molar-refractivity contribution is 7.84. The summed E-state index contributed by atoms with van der Waals surface area (Å²) >= 11 is 5.52. The number of aryl methyl sites for hydroxylation is 1. The lowest BCUT2D eigenvalue weighted by atomic mass is 10.2. The molecule has 0 aliphatic carbocycles. The monoisotopic (exact) mass is 322 g/mol. The van der Waals surface area contributed by atoms with Crippen LogP contribution in [0.3, 0.4) is 0 Å². The van der Waals surface area contributed by atoms with E-state index in [9.17, 15) is 17.4 Å². The average Bonchev–Trinajstić information content (AvgIpc) is 2.74. The molecule has 1 heterocycles. The van der Waals surface area contributed by atoms with Gasteiger partial charge in [0.05, 0.1) is 32.8 Å². The fourth-order valence-corrected chi connectivity index (χ4v) is 3.04. The molecular formula is C12H10ClF3N2OS. The Morgan fingerprint density at radius 3 is 2.60 bits per heavy atom. The van der Waals surface area contributed by atoms with Gasteiger partial charge in [0.15, 0.2) is 0 Å². The quantitative estimate of drug-likeness (QED) is 0.868. The molecule has 0 aliphatic heterocycles. The maximum Gasteiger partial charge on any atom is 0.417 e. The molecule has 0 unspecified atom stereocenters. The van der Waals surface area contributed by atoms with Gasteiger partial charge in [0.2, 0.25) is 0 Å². The molecule has 0 spiro atoms. The summed E-state index contributed by atoms with van der Waals surface area (Å²) in [4.78, 5) is 0.0860. The first kappa shape index (κ1) is 15.1. The Bertz CT molecular complexity index is 654. The van der Waals surface area contributed by atoms with Gasteiger partial charge in [-0.05, 0) is 24.3 Å². The Hall–Kier alpha value is -1.34. The highest BCUT2D eigenvalue weighted by Crippen LogP contribution is 2.35. The standard InChI is InChI=1S/C12H10ClF3N2OS/c1-18-8(4-5-17-18)7-20(19)9-2-3-11(13)10(6-9)12(14,15)16/h2-6H,7H2,1H3/t20-/m1/s1. The zero-order valence-electron chi connectivity index (χ0n) is 10.3. The number of nitrogens with zero attached hydrogens (tertiary/aromatic N) is 2. The molecule has 0 bridgehead atoms. The molecule has 20 heavy (non-hydrogen) atoms. The molecule has 0 fully saturated rings. The maximum absolute atomic E-state index is 12.7. The molecule has 1 aromatic carbocycles. The van der Waals surface area contributed by atoms with Crippen molar-refractivity contribution in [1.82, 2.24) is 9.78 Å². The van der Waals surface area contributed by atoms with Gasteiger partial charge in [0.25, 0.3) is 0 Å². The summed E-state index contributed by atoms with van der Waals surface area (Å²) in [6.45, 7) is 0. The van der Waals surface area contributed by atoms with Gasteiger partial charge in [-0.25, -0.2) is 0 Å². The summed E-state index contributed by atoms with van der Waals surface area (Å²) in [6, 6.07) is 4.94. The van der Waals surface area contributed by atoms with Crippen LogP contribution in [0.15, 0.2) is 35.4 Å². The molecule has 0 aliphatic rings. The van der Waals surface area contributed by atoms with Crippen molar-refractivity contribution in [2.45, 2.75) is 16.8 Å². The molecule has 0 N–H and O–H groups in total. The van der Waals surface area contributed by atoms with Crippen molar-refractivity contribution in [1.29, 1.82) is 0 Å². The van der Waals surface area contributed by atoms with Crippen LogP contribution in [-0.2, 0) is 29.8 Å². The second-order valence-electron chi connectivity index (χ2n) is 4.08. The molecule has 0 saturated heterocycles. The number of benzene rings is 1. The third-order valence-electron chi connectivity index (χ3n) is 2.71. The average molecular weight is 323 g/mol.